The molecule has 6 heteroatoms. The van der Waals surface area contributed by atoms with Crippen molar-refractivity contribution < 1.29 is 8.78 Å². The molecule has 0 bridgehead atoms. The van der Waals surface area contributed by atoms with Crippen molar-refractivity contribution in [2.75, 3.05) is 0 Å². The van der Waals surface area contributed by atoms with Crippen LogP contribution < -0.4 is 0 Å². The minimum absolute atomic E-state index is 0.422. The van der Waals surface area contributed by atoms with Gasteiger partial charge in [-0.25, -0.2) is 4.98 Å². The van der Waals surface area contributed by atoms with Crippen LogP contribution in [0.1, 0.15) is 5.82 Å². The molecule has 2 rings (SSSR count). The Kier molecular flexibility index (Phi) is 2.23. The lowest BCUT2D eigenvalue weighted by molar-refractivity contribution is 0.105. The van der Waals surface area contributed by atoms with E-state index in [-0.39, 0.29) is 0 Å². The summed E-state index contributed by atoms with van der Waals surface area (Å²) < 4.78 is 25.6. The van der Waals surface area contributed by atoms with Crippen LogP contribution in [-0.4, -0.2) is 9.97 Å². The maximum absolute atomic E-state index is 12.8. The Morgan fingerprint density at radius 3 is 2.79 bits per heavy atom. The molecule has 14 heavy (non-hydrogen) atoms. The number of imidazole rings is 1. The van der Waals surface area contributed by atoms with Gasteiger partial charge in [-0.2, -0.15) is 8.78 Å². The molecule has 1 heterocycles. The first-order valence-corrected chi connectivity index (χ1v) is 4.86. The number of H-pyrrole nitrogens is 1. The third kappa shape index (κ3) is 1.74. The highest BCUT2D eigenvalue weighted by Crippen LogP contribution is 2.33. The Morgan fingerprint density at radius 2 is 2.14 bits per heavy atom. The van der Waals surface area contributed by atoms with Crippen LogP contribution in [-0.2, 0) is 4.83 Å². The third-order valence-electron chi connectivity index (χ3n) is 1.71. The van der Waals surface area contributed by atoms with Gasteiger partial charge in [-0.15, -0.1) is 0 Å². The standard InChI is InChI=1S/C8H4BrClF2N2/c9-8(11,12)7-13-5-2-1-4(10)3-6(5)14-7/h1-3H,(H,13,14). The largest absolute Gasteiger partial charge is 0.358 e. The summed E-state index contributed by atoms with van der Waals surface area (Å²) in [5.74, 6) is -0.422. The molecule has 1 aromatic carbocycles. The van der Waals surface area contributed by atoms with E-state index in [2.05, 4.69) is 25.9 Å². The van der Waals surface area contributed by atoms with Crippen molar-refractivity contribution in [1.82, 2.24) is 9.97 Å². The second-order valence-electron chi connectivity index (χ2n) is 2.74. The lowest BCUT2D eigenvalue weighted by atomic mass is 10.3. The topological polar surface area (TPSA) is 28.7 Å². The molecule has 2 nitrogen and oxygen atoms in total. The van der Waals surface area contributed by atoms with Gasteiger partial charge in [0.05, 0.1) is 11.0 Å². The molecular formula is C8H4BrClF2N2. The van der Waals surface area contributed by atoms with Gasteiger partial charge in [0.1, 0.15) is 0 Å². The summed E-state index contributed by atoms with van der Waals surface area (Å²) in [5, 5.41) is 0.477. The highest BCUT2D eigenvalue weighted by molar-refractivity contribution is 9.09. The van der Waals surface area contributed by atoms with Crippen LogP contribution in [0.2, 0.25) is 5.02 Å². The van der Waals surface area contributed by atoms with Crippen molar-refractivity contribution in [3.05, 3.63) is 29.0 Å². The number of halogens is 4. The molecule has 0 atom stereocenters. The van der Waals surface area contributed by atoms with Crippen molar-refractivity contribution >= 4 is 38.6 Å². The van der Waals surface area contributed by atoms with E-state index in [4.69, 9.17) is 11.6 Å². The number of benzene rings is 1. The average molecular weight is 281 g/mol. The Labute approximate surface area is 91.4 Å². The molecule has 0 fully saturated rings. The maximum atomic E-state index is 12.8. The van der Waals surface area contributed by atoms with E-state index in [0.717, 1.165) is 0 Å². The quantitative estimate of drug-likeness (QED) is 0.794. The highest BCUT2D eigenvalue weighted by Gasteiger charge is 2.31. The molecule has 2 aromatic rings. The summed E-state index contributed by atoms with van der Waals surface area (Å²) in [4.78, 5) is 3.06. The molecule has 0 amide bonds. The molecule has 0 saturated carbocycles. The van der Waals surface area contributed by atoms with Crippen LogP contribution in [0.5, 0.6) is 0 Å². The first-order chi connectivity index (χ1) is 6.47. The third-order valence-corrected chi connectivity index (χ3v) is 2.32. The predicted molar refractivity (Wildman–Crippen MR) is 53.9 cm³/mol. The first kappa shape index (κ1) is 9.86. The summed E-state index contributed by atoms with van der Waals surface area (Å²) in [6.45, 7) is 0. The van der Waals surface area contributed by atoms with Crippen LogP contribution in [0.4, 0.5) is 8.78 Å². The maximum Gasteiger partial charge on any atom is 0.358 e. The van der Waals surface area contributed by atoms with E-state index in [9.17, 15) is 8.78 Å². The number of aromatic amines is 1. The molecule has 0 radical (unpaired) electrons. The zero-order chi connectivity index (χ0) is 10.3. The lowest BCUT2D eigenvalue weighted by Gasteiger charge is -2.01. The molecule has 0 aliphatic carbocycles. The summed E-state index contributed by atoms with van der Waals surface area (Å²) in [7, 11) is 0. The smallest absolute Gasteiger partial charge is 0.336 e. The van der Waals surface area contributed by atoms with Crippen molar-refractivity contribution in [3.63, 3.8) is 0 Å². The summed E-state index contributed by atoms with van der Waals surface area (Å²) >= 11 is 7.92. The number of hydrogen-bond acceptors (Lipinski definition) is 1. The molecule has 0 aliphatic rings. The van der Waals surface area contributed by atoms with Crippen molar-refractivity contribution in [3.8, 4) is 0 Å². The summed E-state index contributed by atoms with van der Waals surface area (Å²) in [6, 6.07) is 4.73. The Morgan fingerprint density at radius 1 is 1.43 bits per heavy atom. The molecule has 0 unspecified atom stereocenters. The van der Waals surface area contributed by atoms with Gasteiger partial charge in [0, 0.05) is 5.02 Å². The lowest BCUT2D eigenvalue weighted by Crippen LogP contribution is -2.04. The van der Waals surface area contributed by atoms with Gasteiger partial charge >= 0.3 is 4.83 Å². The van der Waals surface area contributed by atoms with E-state index in [1.807, 2.05) is 0 Å². The van der Waals surface area contributed by atoms with Crippen LogP contribution in [0, 0.1) is 0 Å². The molecule has 74 valence electrons. The van der Waals surface area contributed by atoms with E-state index >= 15 is 0 Å². The van der Waals surface area contributed by atoms with Crippen LogP contribution in [0.3, 0.4) is 0 Å². The number of nitrogens with one attached hydrogen (secondary N) is 1. The first-order valence-electron chi connectivity index (χ1n) is 3.69. The fraction of sp³-hybridized carbons (Fsp3) is 0.125. The highest BCUT2D eigenvalue weighted by atomic mass is 79.9. The number of nitrogens with zero attached hydrogens (tertiary/aromatic N) is 1. The minimum Gasteiger partial charge on any atom is -0.336 e. The van der Waals surface area contributed by atoms with Gasteiger partial charge in [0.25, 0.3) is 0 Å². The van der Waals surface area contributed by atoms with Gasteiger partial charge in [0.2, 0.25) is 0 Å². The molecule has 1 aromatic heterocycles. The van der Waals surface area contributed by atoms with Gasteiger partial charge < -0.3 is 4.98 Å². The monoisotopic (exact) mass is 280 g/mol. The SMILES string of the molecule is FC(F)(Br)c1nc2ccc(Cl)cc2[nH]1. The molecule has 0 saturated heterocycles. The van der Waals surface area contributed by atoms with Crippen LogP contribution >= 0.6 is 27.5 Å². The predicted octanol–water partition coefficient (Wildman–Crippen LogP) is 3.66. The van der Waals surface area contributed by atoms with Gasteiger partial charge in [0.15, 0.2) is 5.82 Å². The zero-order valence-electron chi connectivity index (χ0n) is 6.69. The number of fused-ring (bicyclic) bond motifs is 1. The van der Waals surface area contributed by atoms with Gasteiger partial charge in [-0.1, -0.05) is 11.6 Å². The second kappa shape index (κ2) is 3.17. The van der Waals surface area contributed by atoms with E-state index in [1.54, 1.807) is 18.2 Å². The second-order valence-corrected chi connectivity index (χ2v) is 4.18. The number of aromatic nitrogens is 2. The summed E-state index contributed by atoms with van der Waals surface area (Å²) in [5.41, 5.74) is 0.954. The molecule has 0 spiro atoms. The number of hydrogen-bond donors (Lipinski definition) is 1. The fourth-order valence-electron chi connectivity index (χ4n) is 1.12. The number of rotatable bonds is 1. The van der Waals surface area contributed by atoms with E-state index in [0.29, 0.717) is 16.1 Å². The molecular weight excluding hydrogens is 277 g/mol. The van der Waals surface area contributed by atoms with Crippen LogP contribution in [0.25, 0.3) is 11.0 Å². The number of alkyl halides is 3. The fourth-order valence-corrected chi connectivity index (χ4v) is 1.48. The van der Waals surface area contributed by atoms with Crippen molar-refractivity contribution in [2.24, 2.45) is 0 Å². The van der Waals surface area contributed by atoms with E-state index in [1.165, 1.54) is 0 Å². The van der Waals surface area contributed by atoms with Crippen molar-refractivity contribution in [2.45, 2.75) is 4.83 Å². The Balaban J connectivity index is 2.63. The normalized spacial score (nSPS) is 12.3. The van der Waals surface area contributed by atoms with Gasteiger partial charge in [-0.3, -0.25) is 0 Å². The Hall–Kier alpha value is -0.680. The van der Waals surface area contributed by atoms with Crippen LogP contribution in [0.15, 0.2) is 18.2 Å². The van der Waals surface area contributed by atoms with Crippen molar-refractivity contribution in [1.29, 1.82) is 0 Å². The minimum atomic E-state index is -3.14. The molecule has 0 aliphatic heterocycles. The van der Waals surface area contributed by atoms with Gasteiger partial charge in [-0.05, 0) is 34.1 Å². The average Bonchev–Trinajstić information content (AvgIpc) is 2.45. The zero-order valence-corrected chi connectivity index (χ0v) is 9.03. The van der Waals surface area contributed by atoms with E-state index < -0.39 is 10.7 Å². The summed E-state index contributed by atoms with van der Waals surface area (Å²) in [6.07, 6.45) is 0. The Bertz CT molecular complexity index is 478. The molecule has 1 N–H and O–H groups in total.